The molecule has 0 aromatic heterocycles. The van der Waals surface area contributed by atoms with Gasteiger partial charge < -0.3 is 4.90 Å². The van der Waals surface area contributed by atoms with Crippen LogP contribution in [0.5, 0.6) is 0 Å². The maximum absolute atomic E-state index is 13.5. The summed E-state index contributed by atoms with van der Waals surface area (Å²) >= 11 is 5.92. The number of nitrogens with zero attached hydrogens (tertiary/aromatic N) is 2. The highest BCUT2D eigenvalue weighted by molar-refractivity contribution is 6.31. The van der Waals surface area contributed by atoms with Crippen LogP contribution in [0.4, 0.5) is 10.1 Å². The first kappa shape index (κ1) is 19.5. The molecule has 2 heterocycles. The molecular weight excluding hydrogens is 399 g/mol. The van der Waals surface area contributed by atoms with Gasteiger partial charge in [-0.05, 0) is 72.8 Å². The van der Waals surface area contributed by atoms with Gasteiger partial charge in [-0.3, -0.25) is 9.69 Å². The van der Waals surface area contributed by atoms with Gasteiger partial charge in [-0.1, -0.05) is 54.1 Å². The van der Waals surface area contributed by atoms with E-state index in [1.54, 1.807) is 17.0 Å². The Morgan fingerprint density at radius 3 is 2.47 bits per heavy atom. The number of carbonyl (C=O) groups excluding carboxylic acids is 1. The number of piperidine rings is 1. The van der Waals surface area contributed by atoms with Crippen LogP contribution in [0.15, 0.2) is 60.7 Å². The molecule has 154 valence electrons. The predicted molar refractivity (Wildman–Crippen MR) is 120 cm³/mol. The summed E-state index contributed by atoms with van der Waals surface area (Å²) < 4.78 is 13.5. The average Bonchev–Trinajstić information content (AvgIpc) is 3.16. The summed E-state index contributed by atoms with van der Waals surface area (Å²) in [5, 5.41) is 2.69. The van der Waals surface area contributed by atoms with Crippen molar-refractivity contribution in [3.63, 3.8) is 0 Å². The molecular formula is C25H24ClFN2O. The normalized spacial score (nSPS) is 20.9. The van der Waals surface area contributed by atoms with Crippen LogP contribution in [0.3, 0.4) is 0 Å². The molecule has 1 unspecified atom stereocenters. The van der Waals surface area contributed by atoms with Crippen LogP contribution in [0.1, 0.15) is 30.7 Å². The molecule has 3 aromatic rings. The van der Waals surface area contributed by atoms with E-state index in [2.05, 4.69) is 47.4 Å². The zero-order chi connectivity index (χ0) is 20.7. The van der Waals surface area contributed by atoms with Gasteiger partial charge in [-0.15, -0.1) is 0 Å². The molecule has 5 rings (SSSR count). The number of fused-ring (bicyclic) bond motifs is 1. The highest BCUT2D eigenvalue weighted by Crippen LogP contribution is 2.35. The largest absolute Gasteiger partial charge is 0.311 e. The molecule has 1 amide bonds. The van der Waals surface area contributed by atoms with Crippen molar-refractivity contribution in [3.8, 4) is 0 Å². The number of benzene rings is 3. The van der Waals surface area contributed by atoms with E-state index >= 15 is 0 Å². The van der Waals surface area contributed by atoms with Gasteiger partial charge in [0.15, 0.2) is 0 Å². The number of carbonyl (C=O) groups is 1. The van der Waals surface area contributed by atoms with Gasteiger partial charge in [0.2, 0.25) is 5.91 Å². The van der Waals surface area contributed by atoms with Crippen molar-refractivity contribution >= 4 is 34.0 Å². The molecule has 0 radical (unpaired) electrons. The number of anilines is 1. The second-order valence-electron chi connectivity index (χ2n) is 8.27. The third-order valence-corrected chi connectivity index (χ3v) is 6.92. The molecule has 3 aromatic carbocycles. The van der Waals surface area contributed by atoms with E-state index < -0.39 is 5.82 Å². The van der Waals surface area contributed by atoms with Crippen LogP contribution >= 0.6 is 11.6 Å². The Balaban J connectivity index is 1.28. The first-order chi connectivity index (χ1) is 14.6. The summed E-state index contributed by atoms with van der Waals surface area (Å²) in [6.45, 7) is 2.49. The molecule has 2 aliphatic rings. The fraction of sp³-hybridized carbons (Fsp3) is 0.320. The summed E-state index contributed by atoms with van der Waals surface area (Å²) in [6, 6.07) is 19.6. The van der Waals surface area contributed by atoms with Gasteiger partial charge >= 0.3 is 0 Å². The standard InChI is InChI=1S/C25H24ClFN2O/c26-22-16-19(8-9-23(22)27)29-15-12-24(25(29)30)28-13-10-18(11-14-28)21-7-3-5-17-4-1-2-6-20(17)21/h1-9,16,18,24H,10-15H2. The lowest BCUT2D eigenvalue weighted by molar-refractivity contribution is -0.122. The molecule has 1 atom stereocenters. The summed E-state index contributed by atoms with van der Waals surface area (Å²) in [4.78, 5) is 17.1. The van der Waals surface area contributed by atoms with Gasteiger partial charge in [0.05, 0.1) is 11.1 Å². The number of rotatable bonds is 3. The molecule has 2 fully saturated rings. The molecule has 2 aliphatic heterocycles. The van der Waals surface area contributed by atoms with E-state index in [0.717, 1.165) is 32.4 Å². The van der Waals surface area contributed by atoms with Crippen molar-refractivity contribution in [1.82, 2.24) is 4.90 Å². The van der Waals surface area contributed by atoms with Gasteiger partial charge in [-0.2, -0.15) is 0 Å². The smallest absolute Gasteiger partial charge is 0.244 e. The van der Waals surface area contributed by atoms with E-state index in [4.69, 9.17) is 11.6 Å². The highest BCUT2D eigenvalue weighted by Gasteiger charge is 2.38. The van der Waals surface area contributed by atoms with E-state index in [1.165, 1.54) is 22.4 Å². The minimum Gasteiger partial charge on any atom is -0.311 e. The number of halogens is 2. The van der Waals surface area contributed by atoms with Crippen LogP contribution < -0.4 is 4.90 Å². The summed E-state index contributed by atoms with van der Waals surface area (Å²) in [5.41, 5.74) is 2.10. The second kappa shape index (κ2) is 8.01. The Morgan fingerprint density at radius 1 is 0.900 bits per heavy atom. The minimum atomic E-state index is -0.459. The molecule has 5 heteroatoms. The molecule has 3 nitrogen and oxygen atoms in total. The van der Waals surface area contributed by atoms with E-state index in [-0.39, 0.29) is 17.0 Å². The topological polar surface area (TPSA) is 23.6 Å². The number of amides is 1. The highest BCUT2D eigenvalue weighted by atomic mass is 35.5. The summed E-state index contributed by atoms with van der Waals surface area (Å²) in [5.74, 6) is 0.163. The quantitative estimate of drug-likeness (QED) is 0.547. The van der Waals surface area contributed by atoms with Gasteiger partial charge in [-0.25, -0.2) is 4.39 Å². The van der Waals surface area contributed by atoms with Crippen molar-refractivity contribution in [2.75, 3.05) is 24.5 Å². The van der Waals surface area contributed by atoms with Crippen molar-refractivity contribution in [1.29, 1.82) is 0 Å². The van der Waals surface area contributed by atoms with E-state index in [0.29, 0.717) is 18.2 Å². The first-order valence-electron chi connectivity index (χ1n) is 10.6. The molecule has 0 aliphatic carbocycles. The van der Waals surface area contributed by atoms with Gasteiger partial charge in [0.1, 0.15) is 5.82 Å². The Morgan fingerprint density at radius 2 is 1.67 bits per heavy atom. The number of hydrogen-bond acceptors (Lipinski definition) is 2. The van der Waals surface area contributed by atoms with Crippen LogP contribution in [0, 0.1) is 5.82 Å². The fourth-order valence-electron chi connectivity index (χ4n) is 5.04. The summed E-state index contributed by atoms with van der Waals surface area (Å²) in [7, 11) is 0. The minimum absolute atomic E-state index is 0.0552. The maximum atomic E-state index is 13.5. The Bertz CT molecular complexity index is 1090. The first-order valence-corrected chi connectivity index (χ1v) is 11.0. The van der Waals surface area contributed by atoms with Gasteiger partial charge in [0, 0.05) is 12.2 Å². The third-order valence-electron chi connectivity index (χ3n) is 6.63. The van der Waals surface area contributed by atoms with Crippen molar-refractivity contribution in [3.05, 3.63) is 77.1 Å². The monoisotopic (exact) mass is 422 g/mol. The predicted octanol–water partition coefficient (Wildman–Crippen LogP) is 5.62. The van der Waals surface area contributed by atoms with Crippen molar-refractivity contribution in [2.24, 2.45) is 0 Å². The Kier molecular flexibility index (Phi) is 5.21. The number of hydrogen-bond donors (Lipinski definition) is 0. The SMILES string of the molecule is O=C1C(N2CCC(c3cccc4ccccc34)CC2)CCN1c1ccc(F)c(Cl)c1. The van der Waals surface area contributed by atoms with Crippen LogP contribution in [-0.2, 0) is 4.79 Å². The molecule has 0 saturated carbocycles. The van der Waals surface area contributed by atoms with E-state index in [9.17, 15) is 9.18 Å². The zero-order valence-corrected chi connectivity index (χ0v) is 17.5. The lowest BCUT2D eigenvalue weighted by Crippen LogP contribution is -2.45. The zero-order valence-electron chi connectivity index (χ0n) is 16.7. The third kappa shape index (κ3) is 3.48. The Hall–Kier alpha value is -2.43. The number of likely N-dealkylation sites (tertiary alicyclic amines) is 1. The fourth-order valence-corrected chi connectivity index (χ4v) is 5.22. The van der Waals surface area contributed by atoms with E-state index in [1.807, 2.05) is 0 Å². The van der Waals surface area contributed by atoms with Crippen LogP contribution in [-0.4, -0.2) is 36.5 Å². The molecule has 0 spiro atoms. The lowest BCUT2D eigenvalue weighted by atomic mass is 9.86. The lowest BCUT2D eigenvalue weighted by Gasteiger charge is -2.35. The van der Waals surface area contributed by atoms with Crippen LogP contribution in [0.25, 0.3) is 10.8 Å². The second-order valence-corrected chi connectivity index (χ2v) is 8.68. The molecule has 30 heavy (non-hydrogen) atoms. The van der Waals surface area contributed by atoms with Gasteiger partial charge in [0.25, 0.3) is 0 Å². The maximum Gasteiger partial charge on any atom is 0.244 e. The van der Waals surface area contributed by atoms with Crippen molar-refractivity contribution < 1.29 is 9.18 Å². The van der Waals surface area contributed by atoms with Crippen LogP contribution in [0.2, 0.25) is 5.02 Å². The average molecular weight is 423 g/mol. The summed E-state index contributed by atoms with van der Waals surface area (Å²) in [6.07, 6.45) is 2.91. The molecule has 0 bridgehead atoms. The van der Waals surface area contributed by atoms with Crippen molar-refractivity contribution in [2.45, 2.75) is 31.2 Å². The Labute approximate surface area is 181 Å². The molecule has 2 saturated heterocycles. The molecule has 0 N–H and O–H groups in total.